The van der Waals surface area contributed by atoms with Crippen LogP contribution in [0.15, 0.2) is 59.5 Å². The molecule has 1 aliphatic carbocycles. The average Bonchev–Trinajstić information content (AvgIpc) is 2.73. The lowest BCUT2D eigenvalue weighted by Crippen LogP contribution is -2.37. The zero-order valence-corrected chi connectivity index (χ0v) is 18.7. The van der Waals surface area contributed by atoms with Crippen LogP contribution in [0.4, 0.5) is 5.69 Å². The predicted molar refractivity (Wildman–Crippen MR) is 124 cm³/mol. The number of carbonyl (C=O) groups excluding carboxylic acids is 2. The first-order valence-corrected chi connectivity index (χ1v) is 10.5. The number of hydrogen-bond acceptors (Lipinski definition) is 4. The summed E-state index contributed by atoms with van der Waals surface area (Å²) in [4.78, 5) is 40.0. The van der Waals surface area contributed by atoms with Gasteiger partial charge < -0.3 is 10.1 Å². The van der Waals surface area contributed by atoms with Crippen LogP contribution < -0.4 is 15.6 Å². The van der Waals surface area contributed by atoms with Crippen LogP contribution in [-0.2, 0) is 6.42 Å². The molecule has 164 valence electrons. The van der Waals surface area contributed by atoms with Gasteiger partial charge in [-0.05, 0) is 48.6 Å². The van der Waals surface area contributed by atoms with E-state index in [-0.39, 0.29) is 16.8 Å². The summed E-state index contributed by atoms with van der Waals surface area (Å²) >= 11 is 0. The van der Waals surface area contributed by atoms with Crippen molar-refractivity contribution in [2.24, 2.45) is 5.41 Å². The molecule has 0 atom stereocenters. The Bertz CT molecular complexity index is 1270. The lowest BCUT2D eigenvalue weighted by atomic mass is 9.73. The van der Waals surface area contributed by atoms with Crippen LogP contribution in [0.2, 0.25) is 0 Å². The number of hydrogen-bond donors (Lipinski definition) is 1. The highest BCUT2D eigenvalue weighted by atomic mass is 16.5. The van der Waals surface area contributed by atoms with Gasteiger partial charge >= 0.3 is 0 Å². The number of amides is 1. The molecule has 0 unspecified atom stereocenters. The topological polar surface area (TPSA) is 77.4 Å². The van der Waals surface area contributed by atoms with Gasteiger partial charge in [0.05, 0.1) is 7.11 Å². The van der Waals surface area contributed by atoms with Gasteiger partial charge in [0, 0.05) is 35.6 Å². The van der Waals surface area contributed by atoms with Gasteiger partial charge in [0.2, 0.25) is 0 Å². The van der Waals surface area contributed by atoms with Crippen molar-refractivity contribution in [2.45, 2.75) is 33.6 Å². The Morgan fingerprint density at radius 3 is 2.47 bits per heavy atom. The van der Waals surface area contributed by atoms with E-state index in [1.165, 1.54) is 4.57 Å². The van der Waals surface area contributed by atoms with Gasteiger partial charge in [0.25, 0.3) is 11.5 Å². The van der Waals surface area contributed by atoms with Crippen molar-refractivity contribution >= 4 is 17.4 Å². The van der Waals surface area contributed by atoms with Gasteiger partial charge in [-0.1, -0.05) is 37.6 Å². The summed E-state index contributed by atoms with van der Waals surface area (Å²) in [6.07, 6.45) is 2.42. The van der Waals surface area contributed by atoms with Crippen LogP contribution in [0.25, 0.3) is 5.69 Å². The van der Waals surface area contributed by atoms with Crippen LogP contribution in [0, 0.1) is 12.3 Å². The maximum atomic E-state index is 13.6. The second-order valence-electron chi connectivity index (χ2n) is 9.03. The number of nitrogens with zero attached hydrogens (tertiary/aromatic N) is 1. The van der Waals surface area contributed by atoms with Crippen molar-refractivity contribution in [1.29, 1.82) is 0 Å². The third-order valence-electron chi connectivity index (χ3n) is 5.78. The SMILES string of the molecule is COc1cccc(NC(=O)c2c3c(cn(-c4ccc(C)cc4)c2=O)C(=O)CC(C)(C)C3)c1. The van der Waals surface area contributed by atoms with E-state index in [0.717, 1.165) is 5.56 Å². The molecule has 0 saturated heterocycles. The standard InChI is InChI=1S/C26H26N2O4/c1-16-8-10-18(11-9-16)28-15-21-20(13-26(2,3)14-22(21)29)23(25(28)31)24(30)27-17-6-5-7-19(12-17)32-4/h5-12,15H,13-14H2,1-4H3,(H,27,30). The Kier molecular flexibility index (Phi) is 5.46. The molecule has 1 N–H and O–H groups in total. The molecule has 0 spiro atoms. The van der Waals surface area contributed by atoms with E-state index in [2.05, 4.69) is 5.32 Å². The summed E-state index contributed by atoms with van der Waals surface area (Å²) in [5, 5.41) is 2.81. The summed E-state index contributed by atoms with van der Waals surface area (Å²) in [6, 6.07) is 14.3. The number of ketones is 1. The summed E-state index contributed by atoms with van der Waals surface area (Å²) in [6.45, 7) is 5.91. The van der Waals surface area contributed by atoms with Crippen molar-refractivity contribution in [3.05, 3.63) is 87.3 Å². The number of rotatable bonds is 4. The smallest absolute Gasteiger partial charge is 0.268 e. The molecule has 6 nitrogen and oxygen atoms in total. The molecule has 0 bridgehead atoms. The van der Waals surface area contributed by atoms with Crippen molar-refractivity contribution in [3.63, 3.8) is 0 Å². The minimum atomic E-state index is -0.536. The zero-order chi connectivity index (χ0) is 23.0. The molecular weight excluding hydrogens is 404 g/mol. The van der Waals surface area contributed by atoms with Crippen LogP contribution >= 0.6 is 0 Å². The summed E-state index contributed by atoms with van der Waals surface area (Å²) in [7, 11) is 1.54. The second kappa shape index (κ2) is 8.11. The Balaban J connectivity index is 1.89. The van der Waals surface area contributed by atoms with E-state index in [4.69, 9.17) is 4.74 Å². The molecule has 4 rings (SSSR count). The molecule has 0 fully saturated rings. The molecule has 0 radical (unpaired) electrons. The highest BCUT2D eigenvalue weighted by Gasteiger charge is 2.36. The van der Waals surface area contributed by atoms with Gasteiger partial charge in [0.15, 0.2) is 5.78 Å². The number of aromatic nitrogens is 1. The number of ether oxygens (including phenoxy) is 1. The molecule has 6 heteroatoms. The molecule has 1 aromatic heterocycles. The normalized spacial score (nSPS) is 14.6. The molecule has 1 heterocycles. The molecule has 32 heavy (non-hydrogen) atoms. The van der Waals surface area contributed by atoms with E-state index in [9.17, 15) is 14.4 Å². The van der Waals surface area contributed by atoms with Crippen molar-refractivity contribution in [2.75, 3.05) is 12.4 Å². The van der Waals surface area contributed by atoms with Gasteiger partial charge in [-0.15, -0.1) is 0 Å². The van der Waals surface area contributed by atoms with Crippen molar-refractivity contribution in [3.8, 4) is 11.4 Å². The number of nitrogens with one attached hydrogen (secondary N) is 1. The largest absolute Gasteiger partial charge is 0.497 e. The maximum absolute atomic E-state index is 13.6. The number of aryl methyl sites for hydroxylation is 1. The van der Waals surface area contributed by atoms with Gasteiger partial charge in [-0.25, -0.2) is 0 Å². The minimum Gasteiger partial charge on any atom is -0.497 e. The minimum absolute atomic E-state index is 0.00650. The Morgan fingerprint density at radius 2 is 1.78 bits per heavy atom. The Labute approximate surface area is 186 Å². The number of carbonyl (C=O) groups is 2. The molecule has 2 aromatic carbocycles. The van der Waals surface area contributed by atoms with Crippen LogP contribution in [0.5, 0.6) is 5.75 Å². The first-order chi connectivity index (χ1) is 15.2. The first-order valence-electron chi connectivity index (χ1n) is 10.5. The van der Waals surface area contributed by atoms with Crippen molar-refractivity contribution in [1.82, 2.24) is 4.57 Å². The Morgan fingerprint density at radius 1 is 1.06 bits per heavy atom. The molecule has 3 aromatic rings. The molecule has 1 amide bonds. The highest BCUT2D eigenvalue weighted by Crippen LogP contribution is 2.36. The quantitative estimate of drug-likeness (QED) is 0.658. The number of benzene rings is 2. The zero-order valence-electron chi connectivity index (χ0n) is 18.7. The van der Waals surface area contributed by atoms with Crippen LogP contribution in [0.1, 0.15) is 52.1 Å². The molecular formula is C26H26N2O4. The number of anilines is 1. The fourth-order valence-corrected chi connectivity index (χ4v) is 4.17. The van der Waals surface area contributed by atoms with E-state index < -0.39 is 11.5 Å². The molecule has 0 saturated carbocycles. The first kappa shape index (κ1) is 21.6. The maximum Gasteiger partial charge on any atom is 0.268 e. The summed E-state index contributed by atoms with van der Waals surface area (Å²) < 4.78 is 6.62. The van der Waals surface area contributed by atoms with Gasteiger partial charge in [-0.3, -0.25) is 19.0 Å². The summed E-state index contributed by atoms with van der Waals surface area (Å²) in [5.74, 6) is -0.00900. The second-order valence-corrected chi connectivity index (χ2v) is 9.03. The van der Waals surface area contributed by atoms with Gasteiger partial charge in [0.1, 0.15) is 11.3 Å². The molecule has 0 aliphatic heterocycles. The van der Waals surface area contributed by atoms with Crippen molar-refractivity contribution < 1.29 is 14.3 Å². The lowest BCUT2D eigenvalue weighted by Gasteiger charge is -2.31. The number of pyridine rings is 1. The monoisotopic (exact) mass is 430 g/mol. The van der Waals surface area contributed by atoms with Gasteiger partial charge in [-0.2, -0.15) is 0 Å². The predicted octanol–water partition coefficient (Wildman–Crippen LogP) is 4.56. The molecule has 1 aliphatic rings. The average molecular weight is 431 g/mol. The van der Waals surface area contributed by atoms with Crippen LogP contribution in [0.3, 0.4) is 0 Å². The van der Waals surface area contributed by atoms with E-state index in [1.54, 1.807) is 37.6 Å². The fraction of sp³-hybridized carbons (Fsp3) is 0.269. The van der Waals surface area contributed by atoms with Crippen LogP contribution in [-0.4, -0.2) is 23.4 Å². The third kappa shape index (κ3) is 4.08. The van der Waals surface area contributed by atoms with E-state index in [0.29, 0.717) is 41.1 Å². The Hall–Kier alpha value is -3.67. The highest BCUT2D eigenvalue weighted by molar-refractivity contribution is 6.08. The van der Waals surface area contributed by atoms with E-state index in [1.807, 2.05) is 45.0 Å². The lowest BCUT2D eigenvalue weighted by molar-refractivity contribution is 0.0910. The summed E-state index contributed by atoms with van der Waals surface area (Å²) in [5.41, 5.74) is 2.34. The van der Waals surface area contributed by atoms with E-state index >= 15 is 0 Å². The fourth-order valence-electron chi connectivity index (χ4n) is 4.17. The number of fused-ring (bicyclic) bond motifs is 1. The number of Topliss-reactive ketones (excluding diaryl/α,β-unsaturated/α-hetero) is 1. The third-order valence-corrected chi connectivity index (χ3v) is 5.78. The number of methoxy groups -OCH3 is 1.